The Balaban J connectivity index is 1.54. The molecule has 2 heterocycles. The number of nitrogens with one attached hydrogen (secondary N) is 1. The van der Waals surface area contributed by atoms with Gasteiger partial charge in [-0.2, -0.15) is 0 Å². The Morgan fingerprint density at radius 1 is 1.30 bits per heavy atom. The maximum atomic E-state index is 12.3. The lowest BCUT2D eigenvalue weighted by Gasteiger charge is -2.28. The number of hydrogen-bond donors (Lipinski definition) is 1. The van der Waals surface area contributed by atoms with Crippen molar-refractivity contribution in [3.8, 4) is 0 Å². The van der Waals surface area contributed by atoms with E-state index in [0.717, 1.165) is 66.1 Å². The topological polar surface area (TPSA) is 49.0 Å². The lowest BCUT2D eigenvalue weighted by Crippen LogP contribution is -2.35. The summed E-state index contributed by atoms with van der Waals surface area (Å²) in [6.45, 7) is 2.39. The van der Waals surface area contributed by atoms with Crippen LogP contribution in [0.3, 0.4) is 0 Å². The Kier molecular flexibility index (Phi) is 3.95. The zero-order valence-corrected chi connectivity index (χ0v) is 13.8. The average Bonchev–Trinajstić information content (AvgIpc) is 3.33. The van der Waals surface area contributed by atoms with Gasteiger partial charge in [0.1, 0.15) is 5.82 Å². The smallest absolute Gasteiger partial charge is 0.254 e. The van der Waals surface area contributed by atoms with Crippen LogP contribution < -0.4 is 5.56 Å². The molecule has 0 unspecified atom stereocenters. The van der Waals surface area contributed by atoms with Gasteiger partial charge < -0.3 is 4.98 Å². The minimum atomic E-state index is 0.0584. The highest BCUT2D eigenvalue weighted by Crippen LogP contribution is 2.31. The predicted octanol–water partition coefficient (Wildman–Crippen LogP) is 2.93. The maximum absolute atomic E-state index is 12.3. The SMILES string of the molecule is O=c1[nH]c(CC2CC2)nc2c1CCN(Cc1ccccc1Cl)C2. The standard InChI is InChI=1S/C18H20ClN3O/c19-15-4-2-1-3-13(15)10-22-8-7-14-16(11-22)20-17(21-18(14)23)9-12-5-6-12/h1-4,12H,5-11H2,(H,20,21,23). The first kappa shape index (κ1) is 14.9. The fourth-order valence-corrected chi connectivity index (χ4v) is 3.44. The maximum Gasteiger partial charge on any atom is 0.254 e. The summed E-state index contributed by atoms with van der Waals surface area (Å²) in [5, 5.41) is 0.798. The summed E-state index contributed by atoms with van der Waals surface area (Å²) in [6, 6.07) is 7.94. The molecule has 1 aromatic carbocycles. The molecule has 120 valence electrons. The third kappa shape index (κ3) is 3.33. The van der Waals surface area contributed by atoms with Crippen LogP contribution in [0.15, 0.2) is 29.1 Å². The summed E-state index contributed by atoms with van der Waals surface area (Å²) < 4.78 is 0. The van der Waals surface area contributed by atoms with E-state index in [9.17, 15) is 4.79 Å². The van der Waals surface area contributed by atoms with Gasteiger partial charge in [-0.15, -0.1) is 0 Å². The van der Waals surface area contributed by atoms with Crippen molar-refractivity contribution < 1.29 is 0 Å². The molecule has 0 saturated heterocycles. The van der Waals surface area contributed by atoms with E-state index in [1.165, 1.54) is 12.8 Å². The van der Waals surface area contributed by atoms with E-state index in [2.05, 4.69) is 16.0 Å². The Bertz CT molecular complexity index is 782. The van der Waals surface area contributed by atoms with E-state index >= 15 is 0 Å². The van der Waals surface area contributed by atoms with Gasteiger partial charge in [0, 0.05) is 36.6 Å². The number of benzene rings is 1. The normalized spacial score (nSPS) is 18.0. The second kappa shape index (κ2) is 6.10. The molecule has 4 rings (SSSR count). The number of halogens is 1. The Morgan fingerprint density at radius 2 is 2.13 bits per heavy atom. The van der Waals surface area contributed by atoms with E-state index in [1.807, 2.05) is 18.2 Å². The molecule has 0 amide bonds. The molecule has 1 fully saturated rings. The van der Waals surface area contributed by atoms with Crippen molar-refractivity contribution in [3.05, 3.63) is 62.3 Å². The van der Waals surface area contributed by atoms with Gasteiger partial charge in [0.25, 0.3) is 5.56 Å². The van der Waals surface area contributed by atoms with Gasteiger partial charge in [0.2, 0.25) is 0 Å². The van der Waals surface area contributed by atoms with Crippen LogP contribution in [0.1, 0.15) is 35.5 Å². The average molecular weight is 330 g/mol. The molecule has 1 saturated carbocycles. The van der Waals surface area contributed by atoms with Crippen molar-refractivity contribution in [1.29, 1.82) is 0 Å². The van der Waals surface area contributed by atoms with Gasteiger partial charge in [0.15, 0.2) is 0 Å². The molecular weight excluding hydrogens is 310 g/mol. The van der Waals surface area contributed by atoms with Crippen LogP contribution in [-0.4, -0.2) is 21.4 Å². The molecule has 2 aliphatic rings. The van der Waals surface area contributed by atoms with Gasteiger partial charge in [-0.25, -0.2) is 4.98 Å². The molecule has 4 nitrogen and oxygen atoms in total. The monoisotopic (exact) mass is 329 g/mol. The Labute approximate surface area is 140 Å². The van der Waals surface area contributed by atoms with Gasteiger partial charge in [-0.1, -0.05) is 29.8 Å². The fourth-order valence-electron chi connectivity index (χ4n) is 3.24. The number of fused-ring (bicyclic) bond motifs is 1. The lowest BCUT2D eigenvalue weighted by atomic mass is 10.1. The highest BCUT2D eigenvalue weighted by molar-refractivity contribution is 6.31. The molecule has 0 atom stereocenters. The number of rotatable bonds is 4. The lowest BCUT2D eigenvalue weighted by molar-refractivity contribution is 0.240. The molecule has 0 bridgehead atoms. The van der Waals surface area contributed by atoms with Crippen LogP contribution in [0, 0.1) is 5.92 Å². The summed E-state index contributed by atoms with van der Waals surface area (Å²) in [5.41, 5.74) is 2.99. The van der Waals surface area contributed by atoms with Gasteiger partial charge in [-0.05, 0) is 36.8 Å². The second-order valence-corrected chi connectivity index (χ2v) is 7.04. The molecule has 1 aliphatic heterocycles. The van der Waals surface area contributed by atoms with Crippen molar-refractivity contribution in [2.45, 2.75) is 38.8 Å². The summed E-state index contributed by atoms with van der Waals surface area (Å²) in [4.78, 5) is 22.3. The quantitative estimate of drug-likeness (QED) is 0.938. The van der Waals surface area contributed by atoms with E-state index in [4.69, 9.17) is 16.6 Å². The number of hydrogen-bond acceptors (Lipinski definition) is 3. The zero-order valence-electron chi connectivity index (χ0n) is 13.0. The van der Waals surface area contributed by atoms with Crippen LogP contribution in [0.5, 0.6) is 0 Å². The third-order valence-electron chi connectivity index (χ3n) is 4.73. The molecule has 23 heavy (non-hydrogen) atoms. The highest BCUT2D eigenvalue weighted by atomic mass is 35.5. The second-order valence-electron chi connectivity index (χ2n) is 6.64. The van der Waals surface area contributed by atoms with Crippen molar-refractivity contribution in [2.24, 2.45) is 5.92 Å². The van der Waals surface area contributed by atoms with Crippen LogP contribution in [0.2, 0.25) is 5.02 Å². The zero-order chi connectivity index (χ0) is 15.8. The molecule has 1 aliphatic carbocycles. The highest BCUT2D eigenvalue weighted by Gasteiger charge is 2.25. The Morgan fingerprint density at radius 3 is 2.91 bits per heavy atom. The van der Waals surface area contributed by atoms with Gasteiger partial charge in [-0.3, -0.25) is 9.69 Å². The molecule has 0 radical (unpaired) electrons. The first-order chi connectivity index (χ1) is 11.2. The summed E-state index contributed by atoms with van der Waals surface area (Å²) in [5.74, 6) is 1.58. The van der Waals surface area contributed by atoms with E-state index in [-0.39, 0.29) is 5.56 Å². The van der Waals surface area contributed by atoms with E-state index < -0.39 is 0 Å². The number of H-pyrrole nitrogens is 1. The molecule has 2 aromatic rings. The minimum Gasteiger partial charge on any atom is -0.310 e. The summed E-state index contributed by atoms with van der Waals surface area (Å²) in [6.07, 6.45) is 4.19. The van der Waals surface area contributed by atoms with Crippen molar-refractivity contribution in [1.82, 2.24) is 14.9 Å². The first-order valence-electron chi connectivity index (χ1n) is 8.26. The fraction of sp³-hybridized carbons (Fsp3) is 0.444. The third-order valence-corrected chi connectivity index (χ3v) is 5.10. The largest absolute Gasteiger partial charge is 0.310 e. The van der Waals surface area contributed by atoms with Crippen molar-refractivity contribution in [3.63, 3.8) is 0 Å². The number of nitrogens with zero attached hydrogens (tertiary/aromatic N) is 2. The van der Waals surface area contributed by atoms with Gasteiger partial charge in [0.05, 0.1) is 5.69 Å². The van der Waals surface area contributed by atoms with Crippen LogP contribution in [-0.2, 0) is 25.9 Å². The van der Waals surface area contributed by atoms with Crippen molar-refractivity contribution in [2.75, 3.05) is 6.54 Å². The van der Waals surface area contributed by atoms with Crippen LogP contribution >= 0.6 is 11.6 Å². The van der Waals surface area contributed by atoms with Gasteiger partial charge >= 0.3 is 0 Å². The minimum absolute atomic E-state index is 0.0584. The van der Waals surface area contributed by atoms with Crippen molar-refractivity contribution >= 4 is 11.6 Å². The van der Waals surface area contributed by atoms with Crippen LogP contribution in [0.4, 0.5) is 0 Å². The first-order valence-corrected chi connectivity index (χ1v) is 8.63. The molecule has 1 aromatic heterocycles. The predicted molar refractivity (Wildman–Crippen MR) is 90.6 cm³/mol. The summed E-state index contributed by atoms with van der Waals surface area (Å²) in [7, 11) is 0. The molecule has 1 N–H and O–H groups in total. The van der Waals surface area contributed by atoms with E-state index in [0.29, 0.717) is 0 Å². The summed E-state index contributed by atoms with van der Waals surface area (Å²) >= 11 is 6.26. The molecular formula is C18H20ClN3O. The Hall–Kier alpha value is -1.65. The molecule has 5 heteroatoms. The van der Waals surface area contributed by atoms with Crippen LogP contribution in [0.25, 0.3) is 0 Å². The number of aromatic nitrogens is 2. The van der Waals surface area contributed by atoms with E-state index in [1.54, 1.807) is 0 Å². The molecule has 0 spiro atoms. The number of aromatic amines is 1.